The maximum absolute atomic E-state index is 11.7. The second-order valence-electron chi connectivity index (χ2n) is 7.24. The van der Waals surface area contributed by atoms with Crippen LogP contribution in [-0.2, 0) is 9.47 Å². The number of aliphatic hydroxyl groups is 4. The molecule has 2 rings (SSSR count). The Bertz CT molecular complexity index is 533. The van der Waals surface area contributed by atoms with E-state index in [0.717, 1.165) is 11.8 Å². The van der Waals surface area contributed by atoms with Gasteiger partial charge in [0.25, 0.3) is 5.24 Å². The monoisotopic (exact) mass is 425 g/mol. The summed E-state index contributed by atoms with van der Waals surface area (Å²) >= 11 is 0.859. The van der Waals surface area contributed by atoms with E-state index in [-0.39, 0.29) is 13.0 Å². The van der Waals surface area contributed by atoms with E-state index in [1.54, 1.807) is 6.92 Å². The molecule has 1 saturated carbocycles. The lowest BCUT2D eigenvalue weighted by Gasteiger charge is -2.45. The zero-order valence-corrected chi connectivity index (χ0v) is 16.3. The van der Waals surface area contributed by atoms with Crippen LogP contribution in [0.15, 0.2) is 0 Å². The van der Waals surface area contributed by atoms with Crippen LogP contribution in [0.2, 0.25) is 0 Å². The van der Waals surface area contributed by atoms with Crippen molar-refractivity contribution >= 4 is 17.0 Å². The first kappa shape index (κ1) is 23.7. The van der Waals surface area contributed by atoms with Crippen molar-refractivity contribution in [2.75, 3.05) is 6.54 Å². The molecule has 12 nitrogen and oxygen atoms in total. The summed E-state index contributed by atoms with van der Waals surface area (Å²) in [6.45, 7) is 1.51. The van der Waals surface area contributed by atoms with Crippen LogP contribution in [-0.4, -0.2) is 98.6 Å². The maximum Gasteiger partial charge on any atom is 0.280 e. The average molecular weight is 426 g/mol. The largest absolute Gasteiger partial charge is 0.389 e. The van der Waals surface area contributed by atoms with Gasteiger partial charge in [-0.15, -0.1) is 0 Å². The molecule has 13 N–H and O–H groups in total. The summed E-state index contributed by atoms with van der Waals surface area (Å²) in [5, 5.41) is 42.3. The topological polar surface area (TPSA) is 233 Å². The minimum Gasteiger partial charge on any atom is -0.389 e. The van der Waals surface area contributed by atoms with E-state index < -0.39 is 71.7 Å². The predicted octanol–water partition coefficient (Wildman–Crippen LogP) is -4.33. The fourth-order valence-corrected chi connectivity index (χ4v) is 3.77. The summed E-state index contributed by atoms with van der Waals surface area (Å²) in [4.78, 5) is 11.7. The van der Waals surface area contributed by atoms with Crippen molar-refractivity contribution in [3.05, 3.63) is 0 Å². The molecule has 28 heavy (non-hydrogen) atoms. The molecule has 1 amide bonds. The highest BCUT2D eigenvalue weighted by atomic mass is 32.2. The number of nitrogens with one attached hydrogen (secondary N) is 1. The number of nitrogens with two attached hydrogens (primary N) is 4. The van der Waals surface area contributed by atoms with Crippen LogP contribution in [0.25, 0.3) is 0 Å². The van der Waals surface area contributed by atoms with E-state index in [4.69, 9.17) is 32.4 Å². The van der Waals surface area contributed by atoms with Crippen LogP contribution < -0.4 is 28.3 Å². The zero-order chi connectivity index (χ0) is 21.2. The molecule has 13 heteroatoms. The Kier molecular flexibility index (Phi) is 8.42. The standard InChI is InChI=1S/C15H31N5O7S/c1-4(16)28-15(25)20-3-7-10(22)11(23)8(19)14(26-7)27-13-6(18)2-5(17)9(21)12(13)24/h4-14,21-24H,2-3,16-19H2,1H3,(H,20,25)/t4?,5-,6+,7-,8-,9+,10-,11-,12-,13-,14-/m1/s1. The maximum atomic E-state index is 11.7. The molecular formula is C15H31N5O7S. The van der Waals surface area contributed by atoms with Crippen LogP contribution in [0.4, 0.5) is 4.79 Å². The molecule has 0 spiro atoms. The van der Waals surface area contributed by atoms with Gasteiger partial charge in [0.05, 0.1) is 17.5 Å². The lowest BCUT2D eigenvalue weighted by atomic mass is 9.84. The van der Waals surface area contributed by atoms with Gasteiger partial charge in [0, 0.05) is 18.6 Å². The molecule has 1 aliphatic carbocycles. The van der Waals surface area contributed by atoms with Crippen LogP contribution in [0.1, 0.15) is 13.3 Å². The van der Waals surface area contributed by atoms with Crippen LogP contribution in [0.5, 0.6) is 0 Å². The average Bonchev–Trinajstić information content (AvgIpc) is 2.61. The molecule has 164 valence electrons. The van der Waals surface area contributed by atoms with Crippen LogP contribution >= 0.6 is 11.8 Å². The van der Waals surface area contributed by atoms with Crippen molar-refractivity contribution in [1.29, 1.82) is 0 Å². The van der Waals surface area contributed by atoms with Crippen LogP contribution in [0, 0.1) is 0 Å². The highest BCUT2D eigenvalue weighted by Gasteiger charge is 2.48. The van der Waals surface area contributed by atoms with Crippen LogP contribution in [0.3, 0.4) is 0 Å². The first-order chi connectivity index (χ1) is 13.0. The summed E-state index contributed by atoms with van der Waals surface area (Å²) in [7, 11) is 0. The lowest BCUT2D eigenvalue weighted by molar-refractivity contribution is -0.288. The fourth-order valence-electron chi connectivity index (χ4n) is 3.26. The summed E-state index contributed by atoms with van der Waals surface area (Å²) in [5.41, 5.74) is 23.1. The Labute approximate surface area is 166 Å². The van der Waals surface area contributed by atoms with Gasteiger partial charge in [-0.05, 0) is 25.1 Å². The van der Waals surface area contributed by atoms with Gasteiger partial charge in [0.15, 0.2) is 6.29 Å². The second-order valence-corrected chi connectivity index (χ2v) is 8.59. The van der Waals surface area contributed by atoms with Crippen molar-refractivity contribution in [3.63, 3.8) is 0 Å². The second kappa shape index (κ2) is 9.95. The van der Waals surface area contributed by atoms with E-state index >= 15 is 0 Å². The molecule has 1 aliphatic heterocycles. The Morgan fingerprint density at radius 1 is 1.14 bits per heavy atom. The molecule has 2 fully saturated rings. The van der Waals surface area contributed by atoms with E-state index in [1.165, 1.54) is 0 Å². The Morgan fingerprint density at radius 2 is 1.79 bits per heavy atom. The number of hydrogen-bond donors (Lipinski definition) is 9. The third kappa shape index (κ3) is 5.52. The number of thioether (sulfide) groups is 1. The van der Waals surface area contributed by atoms with Crippen molar-refractivity contribution in [1.82, 2.24) is 5.32 Å². The summed E-state index contributed by atoms with van der Waals surface area (Å²) in [5.74, 6) is 0. The molecule has 2 aliphatic rings. The van der Waals surface area contributed by atoms with Gasteiger partial charge in [-0.25, -0.2) is 0 Å². The fraction of sp³-hybridized carbons (Fsp3) is 0.933. The highest BCUT2D eigenvalue weighted by Crippen LogP contribution is 2.27. The number of hydrogen-bond acceptors (Lipinski definition) is 12. The highest BCUT2D eigenvalue weighted by molar-refractivity contribution is 8.14. The van der Waals surface area contributed by atoms with Gasteiger partial charge in [-0.3, -0.25) is 4.79 Å². The normalized spacial score (nSPS) is 45.5. The van der Waals surface area contributed by atoms with Gasteiger partial charge in [-0.1, -0.05) is 0 Å². The van der Waals surface area contributed by atoms with Gasteiger partial charge in [0.2, 0.25) is 0 Å². The minimum absolute atomic E-state index is 0.129. The minimum atomic E-state index is -1.41. The number of ether oxygens (including phenoxy) is 2. The van der Waals surface area contributed by atoms with Crippen molar-refractivity contribution in [3.8, 4) is 0 Å². The summed E-state index contributed by atoms with van der Waals surface area (Å²) < 4.78 is 11.3. The Hall–Kier alpha value is -0.580. The zero-order valence-electron chi connectivity index (χ0n) is 15.5. The molecule has 0 aromatic carbocycles. The molecule has 1 heterocycles. The number of amides is 1. The van der Waals surface area contributed by atoms with E-state index in [0.29, 0.717) is 0 Å². The number of aliphatic hydroxyl groups excluding tert-OH is 4. The summed E-state index contributed by atoms with van der Waals surface area (Å²) in [6, 6.07) is -2.55. The molecule has 1 unspecified atom stereocenters. The van der Waals surface area contributed by atoms with Gasteiger partial charge in [-0.2, -0.15) is 0 Å². The molecule has 1 saturated heterocycles. The third-order valence-electron chi connectivity index (χ3n) is 4.87. The molecule has 0 aromatic rings. The lowest BCUT2D eigenvalue weighted by Crippen LogP contribution is -2.67. The van der Waals surface area contributed by atoms with Gasteiger partial charge in [0.1, 0.15) is 30.5 Å². The predicted molar refractivity (Wildman–Crippen MR) is 101 cm³/mol. The van der Waals surface area contributed by atoms with Crippen molar-refractivity contribution in [2.24, 2.45) is 22.9 Å². The number of rotatable bonds is 5. The number of carbonyl (C=O) groups excluding carboxylic acids is 1. The van der Waals surface area contributed by atoms with E-state index in [2.05, 4.69) is 5.32 Å². The molecule has 0 radical (unpaired) electrons. The van der Waals surface area contributed by atoms with Crippen molar-refractivity contribution < 1.29 is 34.7 Å². The third-order valence-corrected chi connectivity index (χ3v) is 5.60. The van der Waals surface area contributed by atoms with Crippen molar-refractivity contribution in [2.45, 2.75) is 79.8 Å². The van der Waals surface area contributed by atoms with E-state index in [1.807, 2.05) is 0 Å². The van der Waals surface area contributed by atoms with Gasteiger partial charge >= 0.3 is 0 Å². The SMILES string of the molecule is CC(N)SC(=O)NC[C@H]1O[C@H](O[C@H]2[C@H](O)[C@@H](O)[C@H](N)C[C@@H]2N)[C@H](N)[C@@H](O)[C@@H]1O. The Morgan fingerprint density at radius 3 is 2.39 bits per heavy atom. The number of carbonyl (C=O) groups is 1. The Balaban J connectivity index is 2.02. The summed E-state index contributed by atoms with van der Waals surface area (Å²) in [6.07, 6.45) is -8.52. The first-order valence-electron chi connectivity index (χ1n) is 9.03. The van der Waals surface area contributed by atoms with Gasteiger partial charge < -0.3 is 58.2 Å². The first-order valence-corrected chi connectivity index (χ1v) is 9.90. The quantitative estimate of drug-likeness (QED) is 0.190. The smallest absolute Gasteiger partial charge is 0.280 e. The molecule has 0 aromatic heterocycles. The molecular weight excluding hydrogens is 394 g/mol. The molecule has 0 bridgehead atoms. The van der Waals surface area contributed by atoms with E-state index in [9.17, 15) is 25.2 Å². The molecule has 11 atom stereocenters.